The zero-order valence-corrected chi connectivity index (χ0v) is 11.8. The van der Waals surface area contributed by atoms with E-state index in [2.05, 4.69) is 12.2 Å². The van der Waals surface area contributed by atoms with Crippen LogP contribution in [0, 0.1) is 11.6 Å². The van der Waals surface area contributed by atoms with Gasteiger partial charge >= 0.3 is 0 Å². The fourth-order valence-corrected chi connectivity index (χ4v) is 1.92. The van der Waals surface area contributed by atoms with E-state index in [0.717, 1.165) is 37.8 Å². The average Bonchev–Trinajstić information content (AvgIpc) is 2.38. The van der Waals surface area contributed by atoms with E-state index in [0.29, 0.717) is 0 Å². The van der Waals surface area contributed by atoms with Crippen molar-refractivity contribution in [3.8, 4) is 0 Å². The Kier molecular flexibility index (Phi) is 6.38. The number of nitrogens with two attached hydrogens (primary N) is 1. The zero-order valence-electron chi connectivity index (χ0n) is 11.8. The highest BCUT2D eigenvalue weighted by Gasteiger charge is 2.15. The van der Waals surface area contributed by atoms with Gasteiger partial charge in [-0.2, -0.15) is 0 Å². The molecule has 0 bridgehead atoms. The van der Waals surface area contributed by atoms with Gasteiger partial charge < -0.3 is 10.7 Å². The average molecular weight is 285 g/mol. The molecule has 0 aromatic heterocycles. The number of hydrogen-bond donors (Lipinski definition) is 3. The van der Waals surface area contributed by atoms with Crippen LogP contribution in [0.2, 0.25) is 0 Å². The van der Waals surface area contributed by atoms with E-state index in [4.69, 9.17) is 5.84 Å². The van der Waals surface area contributed by atoms with Crippen molar-refractivity contribution >= 4 is 11.6 Å². The second kappa shape index (κ2) is 7.79. The van der Waals surface area contributed by atoms with E-state index in [-0.39, 0.29) is 11.6 Å². The van der Waals surface area contributed by atoms with Crippen LogP contribution >= 0.6 is 0 Å². The quantitative estimate of drug-likeness (QED) is 0.410. The van der Waals surface area contributed by atoms with Crippen molar-refractivity contribution in [2.24, 2.45) is 5.84 Å². The largest absolute Gasteiger partial charge is 0.350 e. The Morgan fingerprint density at radius 1 is 1.30 bits per heavy atom. The molecule has 1 atom stereocenters. The monoisotopic (exact) mass is 285 g/mol. The van der Waals surface area contributed by atoms with Crippen molar-refractivity contribution < 1.29 is 13.6 Å². The second-order valence-electron chi connectivity index (χ2n) is 4.83. The van der Waals surface area contributed by atoms with Crippen molar-refractivity contribution in [3.63, 3.8) is 0 Å². The molecule has 6 heteroatoms. The zero-order chi connectivity index (χ0) is 15.1. The molecule has 0 saturated carbocycles. The lowest BCUT2D eigenvalue weighted by Gasteiger charge is -2.14. The Morgan fingerprint density at radius 3 is 2.40 bits per heavy atom. The van der Waals surface area contributed by atoms with Crippen molar-refractivity contribution in [1.29, 1.82) is 0 Å². The minimum atomic E-state index is -0.892. The molecular formula is C14H21F2N3O. The molecule has 0 aliphatic heterocycles. The summed E-state index contributed by atoms with van der Waals surface area (Å²) < 4.78 is 27.0. The summed E-state index contributed by atoms with van der Waals surface area (Å²) in [7, 11) is 0. The minimum Gasteiger partial charge on any atom is -0.350 e. The molecule has 1 rings (SSSR count). The first-order valence-corrected chi connectivity index (χ1v) is 6.76. The van der Waals surface area contributed by atoms with E-state index in [1.54, 1.807) is 0 Å². The summed E-state index contributed by atoms with van der Waals surface area (Å²) in [6.45, 7) is 3.97. The van der Waals surface area contributed by atoms with Gasteiger partial charge in [0.25, 0.3) is 5.91 Å². The first-order valence-electron chi connectivity index (χ1n) is 6.76. The number of nitrogens with one attached hydrogen (secondary N) is 2. The highest BCUT2D eigenvalue weighted by molar-refractivity contribution is 5.94. The van der Waals surface area contributed by atoms with Crippen molar-refractivity contribution in [2.75, 3.05) is 5.43 Å². The van der Waals surface area contributed by atoms with E-state index < -0.39 is 23.2 Å². The minimum absolute atomic E-state index is 0.0347. The van der Waals surface area contributed by atoms with Gasteiger partial charge in [-0.05, 0) is 25.5 Å². The van der Waals surface area contributed by atoms with Crippen LogP contribution in [0.1, 0.15) is 49.9 Å². The molecule has 1 unspecified atom stereocenters. The first kappa shape index (κ1) is 16.4. The number of amides is 1. The molecule has 0 fully saturated rings. The van der Waals surface area contributed by atoms with Crippen LogP contribution in [0.4, 0.5) is 14.5 Å². The Bertz CT molecular complexity index is 443. The van der Waals surface area contributed by atoms with Crippen LogP contribution in [0.5, 0.6) is 0 Å². The van der Waals surface area contributed by atoms with Gasteiger partial charge in [-0.25, -0.2) is 8.78 Å². The van der Waals surface area contributed by atoms with E-state index >= 15 is 0 Å². The van der Waals surface area contributed by atoms with Crippen LogP contribution < -0.4 is 16.6 Å². The molecular weight excluding hydrogens is 264 g/mol. The number of hydrogen-bond acceptors (Lipinski definition) is 3. The van der Waals surface area contributed by atoms with Gasteiger partial charge in [0.1, 0.15) is 5.69 Å². The summed E-state index contributed by atoms with van der Waals surface area (Å²) in [5.74, 6) is 2.72. The Balaban J connectivity index is 2.68. The molecule has 0 radical (unpaired) electrons. The lowest BCUT2D eigenvalue weighted by atomic mass is 10.1. The van der Waals surface area contributed by atoms with Gasteiger partial charge in [0.15, 0.2) is 11.6 Å². The number of carbonyl (C=O) groups excluding carboxylic acids is 1. The highest BCUT2D eigenvalue weighted by atomic mass is 19.1. The number of nitrogen functional groups attached to an aromatic ring is 1. The predicted molar refractivity (Wildman–Crippen MR) is 75.2 cm³/mol. The molecule has 0 heterocycles. The normalized spacial score (nSPS) is 12.1. The molecule has 4 N–H and O–H groups in total. The van der Waals surface area contributed by atoms with E-state index in [9.17, 15) is 13.6 Å². The third-order valence-electron chi connectivity index (χ3n) is 3.07. The number of carbonyl (C=O) groups is 1. The highest BCUT2D eigenvalue weighted by Crippen LogP contribution is 2.19. The van der Waals surface area contributed by atoms with Crippen LogP contribution in [0.25, 0.3) is 0 Å². The maximum atomic E-state index is 13.5. The lowest BCUT2D eigenvalue weighted by Crippen LogP contribution is -2.32. The van der Waals surface area contributed by atoms with E-state index in [1.165, 1.54) is 0 Å². The van der Waals surface area contributed by atoms with Crippen molar-refractivity contribution in [1.82, 2.24) is 5.32 Å². The van der Waals surface area contributed by atoms with Crippen LogP contribution in [-0.2, 0) is 0 Å². The van der Waals surface area contributed by atoms with Crippen molar-refractivity contribution in [2.45, 2.75) is 45.6 Å². The summed E-state index contributed by atoms with van der Waals surface area (Å²) in [4.78, 5) is 11.9. The smallest absolute Gasteiger partial charge is 0.251 e. The van der Waals surface area contributed by atoms with Gasteiger partial charge in [0, 0.05) is 11.6 Å². The molecule has 0 aliphatic carbocycles. The maximum Gasteiger partial charge on any atom is 0.251 e. The molecule has 1 aromatic carbocycles. The summed E-state index contributed by atoms with van der Waals surface area (Å²) in [6, 6.07) is 1.89. The van der Waals surface area contributed by atoms with Gasteiger partial charge in [0.05, 0.1) is 0 Å². The van der Waals surface area contributed by atoms with Crippen LogP contribution in [0.3, 0.4) is 0 Å². The van der Waals surface area contributed by atoms with Crippen LogP contribution in [-0.4, -0.2) is 11.9 Å². The Labute approximate surface area is 117 Å². The summed E-state index contributed by atoms with van der Waals surface area (Å²) in [5, 5.41) is 2.72. The maximum absolute atomic E-state index is 13.5. The SMILES string of the molecule is CCCCCC(C)NC(=O)c1cc(F)c(NN)c(F)c1. The lowest BCUT2D eigenvalue weighted by molar-refractivity contribution is 0.0937. The third-order valence-corrected chi connectivity index (χ3v) is 3.07. The molecule has 0 aliphatic rings. The van der Waals surface area contributed by atoms with E-state index in [1.807, 2.05) is 12.3 Å². The predicted octanol–water partition coefficient (Wildman–Crippen LogP) is 2.95. The number of hydrazine groups is 1. The molecule has 1 aromatic rings. The van der Waals surface area contributed by atoms with Crippen LogP contribution in [0.15, 0.2) is 12.1 Å². The summed E-state index contributed by atoms with van der Waals surface area (Å²) in [6.07, 6.45) is 4.05. The Hall–Kier alpha value is -1.69. The number of halogens is 2. The molecule has 1 amide bonds. The molecule has 0 saturated heterocycles. The number of benzene rings is 1. The number of unbranched alkanes of at least 4 members (excludes halogenated alkanes) is 2. The van der Waals surface area contributed by atoms with Gasteiger partial charge in [0.2, 0.25) is 0 Å². The van der Waals surface area contributed by atoms with Crippen molar-refractivity contribution in [3.05, 3.63) is 29.3 Å². The van der Waals surface area contributed by atoms with Gasteiger partial charge in [-0.1, -0.05) is 26.2 Å². The summed E-state index contributed by atoms with van der Waals surface area (Å²) in [5.41, 5.74) is 1.42. The first-order chi connectivity index (χ1) is 9.49. The third kappa shape index (κ3) is 4.45. The standard InChI is InChI=1S/C14H21F2N3O/c1-3-4-5-6-9(2)18-14(20)10-7-11(15)13(19-17)12(16)8-10/h7-9,19H,3-6,17H2,1-2H3,(H,18,20). The number of anilines is 1. The fourth-order valence-electron chi connectivity index (χ4n) is 1.92. The second-order valence-corrected chi connectivity index (χ2v) is 4.83. The van der Waals surface area contributed by atoms with Gasteiger partial charge in [-0.15, -0.1) is 0 Å². The Morgan fingerprint density at radius 2 is 1.90 bits per heavy atom. The number of rotatable bonds is 7. The molecule has 0 spiro atoms. The fraction of sp³-hybridized carbons (Fsp3) is 0.500. The van der Waals surface area contributed by atoms with Gasteiger partial charge in [-0.3, -0.25) is 10.6 Å². The summed E-state index contributed by atoms with van der Waals surface area (Å²) >= 11 is 0. The molecule has 20 heavy (non-hydrogen) atoms. The molecule has 4 nitrogen and oxygen atoms in total. The molecule has 112 valence electrons. The topological polar surface area (TPSA) is 67.2 Å².